The van der Waals surface area contributed by atoms with E-state index in [1.54, 1.807) is 12.1 Å². The standard InChI is InChI=1S/C19H23F3N4O/c1-26-11-24-17(19(20,21)22)16(26)13-7-9-14(10-8-13)25-18(27)15(23)12-5-3-2-4-6-12/h7-12,15H,2-6,23H2,1H3,(H,25,27)/t15-/m0/s1. The molecule has 0 saturated heterocycles. The number of carbonyl (C=O) groups is 1. The summed E-state index contributed by atoms with van der Waals surface area (Å²) in [4.78, 5) is 15.8. The maximum absolute atomic E-state index is 13.1. The fourth-order valence-corrected chi connectivity index (χ4v) is 3.62. The molecular formula is C19H23F3N4O. The lowest BCUT2D eigenvalue weighted by molar-refractivity contribution is -0.140. The average Bonchev–Trinajstić information content (AvgIpc) is 3.04. The SMILES string of the molecule is Cn1cnc(C(F)(F)F)c1-c1ccc(NC(=O)[C@@H](N)C2CCCCC2)cc1. The van der Waals surface area contributed by atoms with Crippen molar-refractivity contribution in [3.8, 4) is 11.3 Å². The molecule has 3 N–H and O–H groups in total. The van der Waals surface area contributed by atoms with Crippen molar-refractivity contribution in [2.75, 3.05) is 5.32 Å². The normalized spacial score (nSPS) is 16.9. The molecule has 0 unspecified atom stereocenters. The highest BCUT2D eigenvalue weighted by Gasteiger charge is 2.37. The fraction of sp³-hybridized carbons (Fsp3) is 0.474. The third-order valence-electron chi connectivity index (χ3n) is 5.09. The third-order valence-corrected chi connectivity index (χ3v) is 5.09. The number of benzene rings is 1. The summed E-state index contributed by atoms with van der Waals surface area (Å²) in [6, 6.07) is 5.66. The second kappa shape index (κ2) is 7.72. The molecule has 1 amide bonds. The van der Waals surface area contributed by atoms with Gasteiger partial charge in [0.1, 0.15) is 0 Å². The number of aryl methyl sites for hydroxylation is 1. The van der Waals surface area contributed by atoms with Crippen LogP contribution in [0.25, 0.3) is 11.3 Å². The molecule has 0 aliphatic heterocycles. The highest BCUT2D eigenvalue weighted by Crippen LogP contribution is 2.36. The molecule has 146 valence electrons. The van der Waals surface area contributed by atoms with Crippen LogP contribution in [-0.4, -0.2) is 21.5 Å². The summed E-state index contributed by atoms with van der Waals surface area (Å²) in [6.07, 6.45) is 1.87. The summed E-state index contributed by atoms with van der Waals surface area (Å²) >= 11 is 0. The van der Waals surface area contributed by atoms with Gasteiger partial charge in [0.25, 0.3) is 0 Å². The van der Waals surface area contributed by atoms with Gasteiger partial charge in [-0.2, -0.15) is 13.2 Å². The highest BCUT2D eigenvalue weighted by molar-refractivity contribution is 5.95. The van der Waals surface area contributed by atoms with Crippen LogP contribution in [0.4, 0.5) is 18.9 Å². The summed E-state index contributed by atoms with van der Waals surface area (Å²) < 4.78 is 40.7. The first-order valence-electron chi connectivity index (χ1n) is 9.03. The van der Waals surface area contributed by atoms with Crippen molar-refractivity contribution in [2.24, 2.45) is 18.7 Å². The summed E-state index contributed by atoms with van der Waals surface area (Å²) in [6.45, 7) is 0. The van der Waals surface area contributed by atoms with Gasteiger partial charge in [0.15, 0.2) is 5.69 Å². The van der Waals surface area contributed by atoms with E-state index in [-0.39, 0.29) is 17.5 Å². The number of anilines is 1. The van der Waals surface area contributed by atoms with E-state index in [0.29, 0.717) is 11.3 Å². The van der Waals surface area contributed by atoms with Gasteiger partial charge in [-0.1, -0.05) is 31.4 Å². The Labute approximate surface area is 155 Å². The van der Waals surface area contributed by atoms with Crippen LogP contribution in [0.3, 0.4) is 0 Å². The first-order chi connectivity index (χ1) is 12.8. The Morgan fingerprint density at radius 3 is 2.44 bits per heavy atom. The lowest BCUT2D eigenvalue weighted by atomic mass is 9.84. The molecule has 1 atom stereocenters. The maximum atomic E-state index is 13.1. The quantitative estimate of drug-likeness (QED) is 0.844. The van der Waals surface area contributed by atoms with E-state index < -0.39 is 17.9 Å². The smallest absolute Gasteiger partial charge is 0.333 e. The van der Waals surface area contributed by atoms with Crippen molar-refractivity contribution in [2.45, 2.75) is 44.3 Å². The minimum absolute atomic E-state index is 0.0146. The van der Waals surface area contributed by atoms with Crippen LogP contribution in [0.2, 0.25) is 0 Å². The molecule has 27 heavy (non-hydrogen) atoms. The Morgan fingerprint density at radius 2 is 1.85 bits per heavy atom. The lowest BCUT2D eigenvalue weighted by Gasteiger charge is -2.26. The number of imidazole rings is 1. The number of hydrogen-bond acceptors (Lipinski definition) is 3. The van der Waals surface area contributed by atoms with Crippen LogP contribution in [0.15, 0.2) is 30.6 Å². The molecule has 1 fully saturated rings. The number of nitrogens with two attached hydrogens (primary N) is 1. The minimum Gasteiger partial charge on any atom is -0.333 e. The van der Waals surface area contributed by atoms with E-state index >= 15 is 0 Å². The van der Waals surface area contributed by atoms with Crippen molar-refractivity contribution in [1.82, 2.24) is 9.55 Å². The van der Waals surface area contributed by atoms with Crippen LogP contribution in [-0.2, 0) is 18.0 Å². The van der Waals surface area contributed by atoms with E-state index in [1.165, 1.54) is 30.2 Å². The van der Waals surface area contributed by atoms with Crippen molar-refractivity contribution in [3.05, 3.63) is 36.3 Å². The van der Waals surface area contributed by atoms with Gasteiger partial charge in [-0.15, -0.1) is 0 Å². The van der Waals surface area contributed by atoms with Crippen LogP contribution in [0.1, 0.15) is 37.8 Å². The van der Waals surface area contributed by atoms with Crippen LogP contribution < -0.4 is 11.1 Å². The molecule has 1 aliphatic carbocycles. The van der Waals surface area contributed by atoms with Crippen molar-refractivity contribution in [1.29, 1.82) is 0 Å². The summed E-state index contributed by atoms with van der Waals surface area (Å²) in [5.74, 6) is -0.0760. The number of halogens is 3. The molecule has 0 radical (unpaired) electrons. The van der Waals surface area contributed by atoms with Crippen molar-refractivity contribution in [3.63, 3.8) is 0 Å². The van der Waals surface area contributed by atoms with Gasteiger partial charge in [0.2, 0.25) is 5.91 Å². The van der Waals surface area contributed by atoms with E-state index in [1.807, 2.05) is 0 Å². The summed E-state index contributed by atoms with van der Waals surface area (Å²) in [5, 5.41) is 2.76. The van der Waals surface area contributed by atoms with Crippen LogP contribution >= 0.6 is 0 Å². The van der Waals surface area contributed by atoms with Gasteiger partial charge in [0.05, 0.1) is 18.1 Å². The maximum Gasteiger partial charge on any atom is 0.435 e. The van der Waals surface area contributed by atoms with Gasteiger partial charge in [-0.25, -0.2) is 4.98 Å². The number of carbonyl (C=O) groups excluding carboxylic acids is 1. The van der Waals surface area contributed by atoms with Crippen molar-refractivity contribution < 1.29 is 18.0 Å². The van der Waals surface area contributed by atoms with Crippen LogP contribution in [0, 0.1) is 5.92 Å². The molecule has 0 spiro atoms. The Morgan fingerprint density at radius 1 is 1.22 bits per heavy atom. The highest BCUT2D eigenvalue weighted by atomic mass is 19.4. The Kier molecular flexibility index (Phi) is 5.55. The number of rotatable bonds is 4. The molecule has 1 aliphatic rings. The predicted octanol–water partition coefficient (Wildman–Crippen LogP) is 3.95. The van der Waals surface area contributed by atoms with Gasteiger partial charge in [-0.3, -0.25) is 4.79 Å². The zero-order chi connectivity index (χ0) is 19.6. The molecule has 5 nitrogen and oxygen atoms in total. The molecule has 1 saturated carbocycles. The molecule has 8 heteroatoms. The number of hydrogen-bond donors (Lipinski definition) is 2. The minimum atomic E-state index is -4.53. The largest absolute Gasteiger partial charge is 0.435 e. The van der Waals surface area contributed by atoms with Gasteiger partial charge in [-0.05, 0) is 30.9 Å². The molecule has 0 bridgehead atoms. The zero-order valence-electron chi connectivity index (χ0n) is 15.1. The Bertz CT molecular complexity index is 792. The van der Waals surface area contributed by atoms with Crippen LogP contribution in [0.5, 0.6) is 0 Å². The molecule has 1 aromatic carbocycles. The van der Waals surface area contributed by atoms with Gasteiger partial charge < -0.3 is 15.6 Å². The van der Waals surface area contributed by atoms with Gasteiger partial charge >= 0.3 is 6.18 Å². The summed E-state index contributed by atoms with van der Waals surface area (Å²) in [7, 11) is 1.51. The van der Waals surface area contributed by atoms with E-state index in [2.05, 4.69) is 10.3 Å². The number of aromatic nitrogens is 2. The second-order valence-electron chi connectivity index (χ2n) is 7.04. The Hall–Kier alpha value is -2.35. The lowest BCUT2D eigenvalue weighted by Crippen LogP contribution is -2.42. The summed E-state index contributed by atoms with van der Waals surface area (Å²) in [5.41, 5.74) is 6.02. The number of amides is 1. The first-order valence-corrected chi connectivity index (χ1v) is 9.03. The molecule has 1 aromatic heterocycles. The van der Waals surface area contributed by atoms with E-state index in [4.69, 9.17) is 5.73 Å². The number of alkyl halides is 3. The first kappa shape index (κ1) is 19.4. The average molecular weight is 380 g/mol. The topological polar surface area (TPSA) is 72.9 Å². The van der Waals surface area contributed by atoms with E-state index in [9.17, 15) is 18.0 Å². The molecular weight excluding hydrogens is 357 g/mol. The van der Waals surface area contributed by atoms with E-state index in [0.717, 1.165) is 32.0 Å². The van der Waals surface area contributed by atoms with Gasteiger partial charge in [0, 0.05) is 18.3 Å². The number of nitrogens with one attached hydrogen (secondary N) is 1. The molecule has 1 heterocycles. The van der Waals surface area contributed by atoms with Crippen molar-refractivity contribution >= 4 is 11.6 Å². The fourth-order valence-electron chi connectivity index (χ4n) is 3.62. The number of nitrogens with zero attached hydrogens (tertiary/aromatic N) is 2. The zero-order valence-corrected chi connectivity index (χ0v) is 15.1. The second-order valence-corrected chi connectivity index (χ2v) is 7.04. The Balaban J connectivity index is 1.73. The molecule has 3 rings (SSSR count). The third kappa shape index (κ3) is 4.32. The predicted molar refractivity (Wildman–Crippen MR) is 96.8 cm³/mol. The molecule has 2 aromatic rings. The monoisotopic (exact) mass is 380 g/mol.